The molecule has 8 nitrogen and oxygen atoms in total. The summed E-state index contributed by atoms with van der Waals surface area (Å²) in [5.74, 6) is 0.806. The van der Waals surface area contributed by atoms with Crippen LogP contribution in [0.1, 0.15) is 33.9 Å². The van der Waals surface area contributed by atoms with Gasteiger partial charge in [0, 0.05) is 12.0 Å². The fourth-order valence-electron chi connectivity index (χ4n) is 3.08. The number of carbonyl (C=O) groups excluding carboxylic acids is 1. The lowest BCUT2D eigenvalue weighted by molar-refractivity contribution is 0.0946. The van der Waals surface area contributed by atoms with Crippen LogP contribution in [-0.2, 0) is 12.8 Å². The zero-order valence-corrected chi connectivity index (χ0v) is 16.6. The van der Waals surface area contributed by atoms with Crippen LogP contribution in [0.25, 0.3) is 11.1 Å². The zero-order valence-electron chi connectivity index (χ0n) is 16.6. The van der Waals surface area contributed by atoms with E-state index in [0.29, 0.717) is 40.7 Å². The Hall–Kier alpha value is -3.68. The van der Waals surface area contributed by atoms with E-state index in [4.69, 9.17) is 9.15 Å². The van der Waals surface area contributed by atoms with E-state index in [1.807, 2.05) is 18.2 Å². The summed E-state index contributed by atoms with van der Waals surface area (Å²) >= 11 is 0. The lowest BCUT2D eigenvalue weighted by Crippen LogP contribution is -2.28. The van der Waals surface area contributed by atoms with E-state index in [0.717, 1.165) is 19.3 Å². The van der Waals surface area contributed by atoms with Crippen molar-refractivity contribution in [2.45, 2.75) is 26.2 Å². The molecule has 2 aromatic carbocycles. The quantitative estimate of drug-likeness (QED) is 0.424. The van der Waals surface area contributed by atoms with E-state index in [9.17, 15) is 4.79 Å². The summed E-state index contributed by atoms with van der Waals surface area (Å²) < 4.78 is 15.8. The molecule has 0 fully saturated rings. The predicted octanol–water partition coefficient (Wildman–Crippen LogP) is 3.50. The maximum Gasteiger partial charge on any atom is 0.278 e. The Kier molecular flexibility index (Phi) is 6.03. The van der Waals surface area contributed by atoms with Crippen molar-refractivity contribution >= 4 is 17.0 Å². The molecule has 0 radical (unpaired) electrons. The van der Waals surface area contributed by atoms with Crippen molar-refractivity contribution < 1.29 is 18.6 Å². The average Bonchev–Trinajstić information content (AvgIpc) is 3.36. The van der Waals surface area contributed by atoms with Crippen LogP contribution in [0.2, 0.25) is 0 Å². The average molecular weight is 406 g/mol. The van der Waals surface area contributed by atoms with Gasteiger partial charge in [0.05, 0.1) is 6.54 Å². The number of oxazole rings is 1. The lowest BCUT2D eigenvalue weighted by Gasteiger charge is -2.05. The fraction of sp³-hybridized carbons (Fsp3) is 0.273. The lowest BCUT2D eigenvalue weighted by atomic mass is 10.1. The molecule has 1 amide bonds. The molecular formula is C22H22N4O4. The van der Waals surface area contributed by atoms with E-state index in [2.05, 4.69) is 37.4 Å². The summed E-state index contributed by atoms with van der Waals surface area (Å²) in [4.78, 5) is 16.9. The van der Waals surface area contributed by atoms with E-state index in [-0.39, 0.29) is 12.5 Å². The summed E-state index contributed by atoms with van der Waals surface area (Å²) in [5, 5.41) is 10.1. The number of nitrogens with one attached hydrogen (secondary N) is 1. The minimum Gasteiger partial charge on any atom is -0.472 e. The van der Waals surface area contributed by atoms with E-state index < -0.39 is 0 Å². The first kappa shape index (κ1) is 19.6. The molecule has 0 aliphatic rings. The van der Waals surface area contributed by atoms with Gasteiger partial charge in [-0.2, -0.15) is 0 Å². The first-order valence-corrected chi connectivity index (χ1v) is 9.82. The van der Waals surface area contributed by atoms with E-state index in [1.165, 1.54) is 5.56 Å². The van der Waals surface area contributed by atoms with Crippen LogP contribution in [0, 0.1) is 6.92 Å². The van der Waals surface area contributed by atoms with Gasteiger partial charge in [-0.15, -0.1) is 0 Å². The van der Waals surface area contributed by atoms with Gasteiger partial charge in [-0.3, -0.25) is 4.79 Å². The Balaban J connectivity index is 1.29. The van der Waals surface area contributed by atoms with Crippen molar-refractivity contribution in [2.75, 3.05) is 13.2 Å². The number of carbonyl (C=O) groups is 1. The summed E-state index contributed by atoms with van der Waals surface area (Å²) in [6, 6.07) is 15.6. The van der Waals surface area contributed by atoms with Gasteiger partial charge < -0.3 is 14.5 Å². The highest BCUT2D eigenvalue weighted by molar-refractivity contribution is 5.97. The zero-order chi connectivity index (χ0) is 20.8. The molecule has 0 saturated heterocycles. The summed E-state index contributed by atoms with van der Waals surface area (Å²) in [7, 11) is 0. The number of aryl methyl sites for hydroxylation is 3. The minimum absolute atomic E-state index is 0.205. The van der Waals surface area contributed by atoms with Gasteiger partial charge >= 0.3 is 0 Å². The first-order valence-electron chi connectivity index (χ1n) is 9.82. The van der Waals surface area contributed by atoms with Crippen LogP contribution in [0.5, 0.6) is 5.88 Å². The first-order chi connectivity index (χ1) is 14.7. The van der Waals surface area contributed by atoms with Crippen LogP contribution in [0.3, 0.4) is 0 Å². The Morgan fingerprint density at radius 3 is 2.77 bits per heavy atom. The largest absolute Gasteiger partial charge is 0.472 e. The van der Waals surface area contributed by atoms with Crippen molar-refractivity contribution in [2.24, 2.45) is 0 Å². The number of ether oxygens (including phenoxy) is 1. The minimum atomic E-state index is -0.205. The third-order valence-corrected chi connectivity index (χ3v) is 4.63. The number of rotatable bonds is 9. The maximum atomic E-state index is 12.4. The Labute approximate surface area is 173 Å². The number of nitrogens with zero attached hydrogens (tertiary/aromatic N) is 3. The highest BCUT2D eigenvalue weighted by Crippen LogP contribution is 2.19. The smallest absolute Gasteiger partial charge is 0.278 e. The van der Waals surface area contributed by atoms with Gasteiger partial charge in [0.25, 0.3) is 11.8 Å². The summed E-state index contributed by atoms with van der Waals surface area (Å²) in [6.07, 6.45) is 2.67. The molecule has 154 valence electrons. The highest BCUT2D eigenvalue weighted by Gasteiger charge is 2.11. The Morgan fingerprint density at radius 1 is 1.10 bits per heavy atom. The van der Waals surface area contributed by atoms with E-state index >= 15 is 0 Å². The summed E-state index contributed by atoms with van der Waals surface area (Å²) in [6.45, 7) is 2.32. The Bertz CT molecular complexity index is 1120. The monoisotopic (exact) mass is 406 g/mol. The molecule has 0 bridgehead atoms. The molecule has 0 spiro atoms. The molecule has 2 heterocycles. The second-order valence-electron chi connectivity index (χ2n) is 6.89. The van der Waals surface area contributed by atoms with Crippen molar-refractivity contribution in [1.82, 2.24) is 20.6 Å². The van der Waals surface area contributed by atoms with Gasteiger partial charge in [0.1, 0.15) is 17.8 Å². The van der Waals surface area contributed by atoms with Crippen LogP contribution < -0.4 is 10.1 Å². The SMILES string of the molecule is Cc1nonc1OCCNC(=O)c1ccc2oc(CCCc3ccccc3)nc2c1. The normalized spacial score (nSPS) is 11.0. The highest BCUT2D eigenvalue weighted by atomic mass is 16.6. The molecule has 8 heteroatoms. The van der Waals surface area contributed by atoms with Gasteiger partial charge in [-0.05, 0) is 48.7 Å². The van der Waals surface area contributed by atoms with Crippen LogP contribution in [0.4, 0.5) is 0 Å². The topological polar surface area (TPSA) is 103 Å². The number of benzene rings is 2. The fourth-order valence-corrected chi connectivity index (χ4v) is 3.08. The maximum absolute atomic E-state index is 12.4. The molecular weight excluding hydrogens is 384 g/mol. The molecule has 0 aliphatic carbocycles. The number of hydrogen-bond acceptors (Lipinski definition) is 7. The second kappa shape index (κ2) is 9.21. The van der Waals surface area contributed by atoms with Crippen molar-refractivity contribution in [1.29, 1.82) is 0 Å². The van der Waals surface area contributed by atoms with Crippen molar-refractivity contribution in [3.05, 3.63) is 71.2 Å². The molecule has 30 heavy (non-hydrogen) atoms. The molecule has 0 atom stereocenters. The van der Waals surface area contributed by atoms with Crippen LogP contribution in [0.15, 0.2) is 57.6 Å². The predicted molar refractivity (Wildman–Crippen MR) is 109 cm³/mol. The molecule has 1 N–H and O–H groups in total. The summed E-state index contributed by atoms with van der Waals surface area (Å²) in [5.41, 5.74) is 3.74. The number of fused-ring (bicyclic) bond motifs is 1. The molecule has 0 aliphatic heterocycles. The second-order valence-corrected chi connectivity index (χ2v) is 6.89. The van der Waals surface area contributed by atoms with Crippen LogP contribution in [-0.4, -0.2) is 34.4 Å². The third kappa shape index (κ3) is 4.83. The van der Waals surface area contributed by atoms with Crippen LogP contribution >= 0.6 is 0 Å². The van der Waals surface area contributed by atoms with E-state index in [1.54, 1.807) is 25.1 Å². The Morgan fingerprint density at radius 2 is 1.97 bits per heavy atom. The molecule has 4 rings (SSSR count). The number of hydrogen-bond donors (Lipinski definition) is 1. The third-order valence-electron chi connectivity index (χ3n) is 4.63. The van der Waals surface area contributed by atoms with Crippen molar-refractivity contribution in [3.63, 3.8) is 0 Å². The number of aromatic nitrogens is 3. The molecule has 2 aromatic heterocycles. The molecule has 0 saturated carbocycles. The molecule has 0 unspecified atom stereocenters. The van der Waals surface area contributed by atoms with Gasteiger partial charge in [0.2, 0.25) is 0 Å². The van der Waals surface area contributed by atoms with Gasteiger partial charge in [-0.25, -0.2) is 9.61 Å². The van der Waals surface area contributed by atoms with Gasteiger partial charge in [-0.1, -0.05) is 35.5 Å². The number of amides is 1. The standard InChI is InChI=1S/C22H22N4O4/c1-15-22(26-30-25-15)28-13-12-23-21(27)17-10-11-19-18(14-17)24-20(29-19)9-5-8-16-6-3-2-4-7-16/h2-4,6-7,10-11,14H,5,8-9,12-13H2,1H3,(H,23,27). The van der Waals surface area contributed by atoms with Crippen molar-refractivity contribution in [3.8, 4) is 5.88 Å². The molecule has 4 aromatic rings. The van der Waals surface area contributed by atoms with Gasteiger partial charge in [0.15, 0.2) is 11.5 Å².